The summed E-state index contributed by atoms with van der Waals surface area (Å²) in [5.74, 6) is 1.64. The number of morpholine rings is 1. The van der Waals surface area contributed by atoms with E-state index in [2.05, 4.69) is 33.9 Å². The van der Waals surface area contributed by atoms with E-state index in [4.69, 9.17) is 4.74 Å². The van der Waals surface area contributed by atoms with Gasteiger partial charge in [0.15, 0.2) is 0 Å². The highest BCUT2D eigenvalue weighted by atomic mass is 16.5. The van der Waals surface area contributed by atoms with Crippen molar-refractivity contribution in [2.24, 2.45) is 0 Å². The van der Waals surface area contributed by atoms with Crippen molar-refractivity contribution in [1.29, 1.82) is 0 Å². The van der Waals surface area contributed by atoms with Crippen LogP contribution in [0.4, 0.5) is 5.82 Å². The van der Waals surface area contributed by atoms with E-state index >= 15 is 0 Å². The van der Waals surface area contributed by atoms with E-state index in [0.717, 1.165) is 18.2 Å². The first-order valence-corrected chi connectivity index (χ1v) is 7.96. The Bertz CT molecular complexity index is 677. The Kier molecular flexibility index (Phi) is 4.59. The molecule has 0 spiro atoms. The molecule has 0 saturated carbocycles. The monoisotopic (exact) mass is 313 g/mol. The molecule has 122 valence electrons. The van der Waals surface area contributed by atoms with Gasteiger partial charge in [0.1, 0.15) is 17.2 Å². The molecule has 1 atom stereocenters. The standard InChI is InChI=1S/C18H23N3O2/c1-14-5-3-4-6-16(14)11-18(13-22)12-21(9-10-23-18)17-7-8-19-15(2)20-17/h3-8,22H,9-13H2,1-2H3/t18-/m1/s1. The Morgan fingerprint density at radius 3 is 2.83 bits per heavy atom. The van der Waals surface area contributed by atoms with Crippen LogP contribution in [0.3, 0.4) is 0 Å². The van der Waals surface area contributed by atoms with Gasteiger partial charge in [-0.2, -0.15) is 0 Å². The van der Waals surface area contributed by atoms with Crippen molar-refractivity contribution in [3.05, 3.63) is 53.5 Å². The Morgan fingerprint density at radius 2 is 2.09 bits per heavy atom. The predicted octanol–water partition coefficient (Wildman–Crippen LogP) is 1.90. The molecule has 1 saturated heterocycles. The molecule has 0 unspecified atom stereocenters. The topological polar surface area (TPSA) is 58.5 Å². The molecular weight excluding hydrogens is 290 g/mol. The maximum atomic E-state index is 10.0. The van der Waals surface area contributed by atoms with Gasteiger partial charge in [-0.25, -0.2) is 9.97 Å². The van der Waals surface area contributed by atoms with Crippen LogP contribution in [0.5, 0.6) is 0 Å². The van der Waals surface area contributed by atoms with E-state index in [1.54, 1.807) is 6.20 Å². The Labute approximate surface area is 137 Å². The third-order valence-electron chi connectivity index (χ3n) is 4.40. The molecule has 1 N–H and O–H groups in total. The first kappa shape index (κ1) is 15.9. The number of aryl methyl sites for hydroxylation is 2. The third kappa shape index (κ3) is 3.51. The zero-order valence-corrected chi connectivity index (χ0v) is 13.7. The van der Waals surface area contributed by atoms with Crippen molar-refractivity contribution in [1.82, 2.24) is 9.97 Å². The normalized spacial score (nSPS) is 21.4. The van der Waals surface area contributed by atoms with Gasteiger partial charge in [0.05, 0.1) is 19.8 Å². The molecule has 1 aromatic heterocycles. The quantitative estimate of drug-likeness (QED) is 0.934. The Morgan fingerprint density at radius 1 is 1.26 bits per heavy atom. The smallest absolute Gasteiger partial charge is 0.132 e. The maximum absolute atomic E-state index is 10.0. The number of benzene rings is 1. The highest BCUT2D eigenvalue weighted by Gasteiger charge is 2.37. The van der Waals surface area contributed by atoms with Crippen LogP contribution in [0, 0.1) is 13.8 Å². The second kappa shape index (κ2) is 6.64. The first-order valence-electron chi connectivity index (χ1n) is 7.96. The number of hydrogen-bond acceptors (Lipinski definition) is 5. The Hall–Kier alpha value is -1.98. The highest BCUT2D eigenvalue weighted by molar-refractivity contribution is 5.39. The second-order valence-corrected chi connectivity index (χ2v) is 6.18. The average molecular weight is 313 g/mol. The zero-order valence-electron chi connectivity index (χ0n) is 13.7. The van der Waals surface area contributed by atoms with Crippen LogP contribution in [0.1, 0.15) is 17.0 Å². The summed E-state index contributed by atoms with van der Waals surface area (Å²) in [4.78, 5) is 10.8. The molecule has 5 heteroatoms. The molecule has 0 aliphatic carbocycles. The van der Waals surface area contributed by atoms with Crippen LogP contribution in [-0.4, -0.2) is 47.0 Å². The van der Waals surface area contributed by atoms with Gasteiger partial charge >= 0.3 is 0 Å². The number of aromatic nitrogens is 2. The fourth-order valence-corrected chi connectivity index (χ4v) is 3.07. The van der Waals surface area contributed by atoms with Crippen molar-refractivity contribution >= 4 is 5.82 Å². The average Bonchev–Trinajstić information content (AvgIpc) is 2.57. The lowest BCUT2D eigenvalue weighted by Crippen LogP contribution is -2.55. The van der Waals surface area contributed by atoms with Crippen LogP contribution in [0.2, 0.25) is 0 Å². The van der Waals surface area contributed by atoms with E-state index < -0.39 is 5.60 Å². The van der Waals surface area contributed by atoms with Gasteiger partial charge in [0.25, 0.3) is 0 Å². The van der Waals surface area contributed by atoms with Crippen molar-refractivity contribution in [2.45, 2.75) is 25.9 Å². The van der Waals surface area contributed by atoms with E-state index in [0.29, 0.717) is 19.6 Å². The van der Waals surface area contributed by atoms with Gasteiger partial charge in [-0.1, -0.05) is 24.3 Å². The molecule has 5 nitrogen and oxygen atoms in total. The van der Waals surface area contributed by atoms with Crippen LogP contribution in [0.25, 0.3) is 0 Å². The molecule has 1 aromatic carbocycles. The molecule has 3 rings (SSSR count). The van der Waals surface area contributed by atoms with Gasteiger partial charge in [-0.05, 0) is 31.0 Å². The van der Waals surface area contributed by atoms with E-state index in [1.165, 1.54) is 11.1 Å². The molecule has 0 radical (unpaired) electrons. The number of rotatable bonds is 4. The van der Waals surface area contributed by atoms with Crippen LogP contribution in [0.15, 0.2) is 36.5 Å². The number of aliphatic hydroxyl groups excluding tert-OH is 1. The number of hydrogen-bond donors (Lipinski definition) is 1. The molecule has 2 aromatic rings. The lowest BCUT2D eigenvalue weighted by atomic mass is 9.91. The van der Waals surface area contributed by atoms with E-state index in [9.17, 15) is 5.11 Å². The summed E-state index contributed by atoms with van der Waals surface area (Å²) in [5.41, 5.74) is 1.84. The van der Waals surface area contributed by atoms with E-state index in [1.807, 2.05) is 25.1 Å². The SMILES string of the molecule is Cc1nccc(N2CCO[C@](CO)(Cc3ccccc3C)C2)n1. The van der Waals surface area contributed by atoms with Gasteiger partial charge < -0.3 is 14.7 Å². The molecule has 1 aliphatic heterocycles. The molecule has 2 heterocycles. The zero-order chi connectivity index (χ0) is 16.3. The minimum Gasteiger partial charge on any atom is -0.393 e. The van der Waals surface area contributed by atoms with Gasteiger partial charge in [-0.3, -0.25) is 0 Å². The van der Waals surface area contributed by atoms with Crippen LogP contribution in [-0.2, 0) is 11.2 Å². The summed E-state index contributed by atoms with van der Waals surface area (Å²) in [5, 5.41) is 10.0. The van der Waals surface area contributed by atoms with Gasteiger partial charge in [0.2, 0.25) is 0 Å². The van der Waals surface area contributed by atoms with Crippen LogP contribution < -0.4 is 4.90 Å². The summed E-state index contributed by atoms with van der Waals surface area (Å²) in [6.07, 6.45) is 2.46. The largest absolute Gasteiger partial charge is 0.393 e. The Balaban J connectivity index is 1.83. The first-order chi connectivity index (χ1) is 11.1. The number of anilines is 1. The minimum atomic E-state index is -0.594. The molecule has 0 bridgehead atoms. The number of nitrogens with zero attached hydrogens (tertiary/aromatic N) is 3. The summed E-state index contributed by atoms with van der Waals surface area (Å²) in [6.45, 7) is 5.93. The van der Waals surface area contributed by atoms with Crippen molar-refractivity contribution < 1.29 is 9.84 Å². The summed E-state index contributed by atoms with van der Waals surface area (Å²) in [6, 6.07) is 10.2. The highest BCUT2D eigenvalue weighted by Crippen LogP contribution is 2.26. The summed E-state index contributed by atoms with van der Waals surface area (Å²) < 4.78 is 6.02. The molecular formula is C18H23N3O2. The molecule has 1 fully saturated rings. The number of aliphatic hydroxyl groups is 1. The maximum Gasteiger partial charge on any atom is 0.132 e. The predicted molar refractivity (Wildman–Crippen MR) is 89.6 cm³/mol. The van der Waals surface area contributed by atoms with Crippen molar-refractivity contribution in [3.8, 4) is 0 Å². The minimum absolute atomic E-state index is 0.0120. The fraction of sp³-hybridized carbons (Fsp3) is 0.444. The molecule has 1 aliphatic rings. The van der Waals surface area contributed by atoms with Crippen molar-refractivity contribution in [2.75, 3.05) is 31.2 Å². The second-order valence-electron chi connectivity index (χ2n) is 6.18. The number of ether oxygens (including phenoxy) is 1. The van der Waals surface area contributed by atoms with Crippen LogP contribution >= 0.6 is 0 Å². The lowest BCUT2D eigenvalue weighted by molar-refractivity contribution is -0.0870. The third-order valence-corrected chi connectivity index (χ3v) is 4.40. The van der Waals surface area contributed by atoms with Gasteiger partial charge in [0, 0.05) is 19.2 Å². The summed E-state index contributed by atoms with van der Waals surface area (Å²) in [7, 11) is 0. The summed E-state index contributed by atoms with van der Waals surface area (Å²) >= 11 is 0. The lowest BCUT2D eigenvalue weighted by Gasteiger charge is -2.42. The fourth-order valence-electron chi connectivity index (χ4n) is 3.07. The van der Waals surface area contributed by atoms with Gasteiger partial charge in [-0.15, -0.1) is 0 Å². The van der Waals surface area contributed by atoms with E-state index in [-0.39, 0.29) is 6.61 Å². The van der Waals surface area contributed by atoms with Crippen molar-refractivity contribution in [3.63, 3.8) is 0 Å². The molecule has 0 amide bonds. The molecule has 23 heavy (non-hydrogen) atoms.